The van der Waals surface area contributed by atoms with E-state index in [1.165, 1.54) is 0 Å². The molecule has 0 heterocycles. The Hall–Kier alpha value is -1.86. The number of nitrogens with zero attached hydrogens (tertiary/aromatic N) is 1. The molecule has 0 spiro atoms. The standard InChI is InChI=1S/C13H13N2OP/c16-10-14-11-6-8-13(9-7-11)15(17)12-4-2-1-3-5-12/h1-10H,17H2,(H,14,16). The molecule has 2 aromatic carbocycles. The minimum Gasteiger partial charge on any atom is -0.329 e. The highest BCUT2D eigenvalue weighted by molar-refractivity contribution is 7.19. The summed E-state index contributed by atoms with van der Waals surface area (Å²) < 4.78 is 2.00. The molecule has 2 rings (SSSR count). The van der Waals surface area contributed by atoms with Gasteiger partial charge in [0.2, 0.25) is 6.41 Å². The molecule has 0 saturated carbocycles. The highest BCUT2D eigenvalue weighted by atomic mass is 31.0. The molecule has 0 saturated heterocycles. The SMILES string of the molecule is O=CNc1ccc(N(P)c2ccccc2)cc1. The van der Waals surface area contributed by atoms with E-state index >= 15 is 0 Å². The fraction of sp³-hybridized carbons (Fsp3) is 0. The summed E-state index contributed by atoms with van der Waals surface area (Å²) in [5, 5.41) is 2.61. The third-order valence-electron chi connectivity index (χ3n) is 2.41. The third-order valence-corrected chi connectivity index (χ3v) is 3.00. The Morgan fingerprint density at radius 2 is 1.53 bits per heavy atom. The second-order valence-corrected chi connectivity index (χ2v) is 4.03. The molecule has 86 valence electrons. The van der Waals surface area contributed by atoms with Crippen LogP contribution in [0.5, 0.6) is 0 Å². The predicted molar refractivity (Wildman–Crippen MR) is 74.4 cm³/mol. The molecule has 1 unspecified atom stereocenters. The maximum Gasteiger partial charge on any atom is 0.211 e. The molecular weight excluding hydrogens is 231 g/mol. The maximum atomic E-state index is 10.3. The zero-order chi connectivity index (χ0) is 12.1. The molecule has 17 heavy (non-hydrogen) atoms. The number of hydrogen-bond acceptors (Lipinski definition) is 2. The minimum atomic E-state index is 0.671. The summed E-state index contributed by atoms with van der Waals surface area (Å²) in [6.45, 7) is 0. The number of rotatable bonds is 4. The first kappa shape index (κ1) is 11.6. The van der Waals surface area contributed by atoms with Gasteiger partial charge in [-0.1, -0.05) is 18.2 Å². The molecule has 3 nitrogen and oxygen atoms in total. The molecular formula is C13H13N2OP. The maximum absolute atomic E-state index is 10.3. The lowest BCUT2D eigenvalue weighted by Crippen LogP contribution is -2.01. The molecule has 0 fully saturated rings. The minimum absolute atomic E-state index is 0.671. The number of amides is 1. The van der Waals surface area contributed by atoms with E-state index in [-0.39, 0.29) is 0 Å². The van der Waals surface area contributed by atoms with Crippen molar-refractivity contribution < 1.29 is 4.79 Å². The van der Waals surface area contributed by atoms with Crippen LogP contribution in [0, 0.1) is 0 Å². The van der Waals surface area contributed by atoms with Crippen LogP contribution >= 0.6 is 9.39 Å². The molecule has 0 aliphatic carbocycles. The van der Waals surface area contributed by atoms with Crippen molar-refractivity contribution in [2.75, 3.05) is 9.99 Å². The number of nitrogens with one attached hydrogen (secondary N) is 1. The van der Waals surface area contributed by atoms with Crippen LogP contribution in [0.15, 0.2) is 54.6 Å². The Morgan fingerprint density at radius 1 is 0.941 bits per heavy atom. The molecule has 1 atom stereocenters. The second-order valence-electron chi connectivity index (χ2n) is 3.51. The summed E-state index contributed by atoms with van der Waals surface area (Å²) in [6, 6.07) is 17.7. The summed E-state index contributed by atoms with van der Waals surface area (Å²) in [5.74, 6) is 0. The van der Waals surface area contributed by atoms with Crippen molar-refractivity contribution in [2.45, 2.75) is 0 Å². The zero-order valence-corrected chi connectivity index (χ0v) is 10.4. The van der Waals surface area contributed by atoms with Gasteiger partial charge in [-0.15, -0.1) is 0 Å². The summed E-state index contributed by atoms with van der Waals surface area (Å²) in [4.78, 5) is 10.3. The van der Waals surface area contributed by atoms with Crippen molar-refractivity contribution in [3.63, 3.8) is 0 Å². The van der Waals surface area contributed by atoms with E-state index in [2.05, 4.69) is 14.7 Å². The van der Waals surface area contributed by atoms with E-state index in [0.29, 0.717) is 6.41 Å². The summed E-state index contributed by atoms with van der Waals surface area (Å²) in [6.07, 6.45) is 0.671. The van der Waals surface area contributed by atoms with Gasteiger partial charge in [0, 0.05) is 17.1 Å². The Kier molecular flexibility index (Phi) is 3.73. The number of para-hydroxylation sites is 1. The third kappa shape index (κ3) is 2.83. The van der Waals surface area contributed by atoms with Crippen molar-refractivity contribution in [1.82, 2.24) is 0 Å². The largest absolute Gasteiger partial charge is 0.329 e. The fourth-order valence-electron chi connectivity index (χ4n) is 1.52. The number of carbonyl (C=O) groups is 1. The molecule has 2 aromatic rings. The van der Waals surface area contributed by atoms with Crippen LogP contribution in [0.3, 0.4) is 0 Å². The van der Waals surface area contributed by atoms with Crippen molar-refractivity contribution in [1.29, 1.82) is 0 Å². The van der Waals surface area contributed by atoms with Gasteiger partial charge < -0.3 is 9.99 Å². The van der Waals surface area contributed by atoms with Gasteiger partial charge in [-0.25, -0.2) is 0 Å². The van der Waals surface area contributed by atoms with E-state index in [1.54, 1.807) is 0 Å². The Labute approximate surface area is 103 Å². The Balaban J connectivity index is 2.20. The van der Waals surface area contributed by atoms with E-state index in [1.807, 2.05) is 59.3 Å². The van der Waals surface area contributed by atoms with Gasteiger partial charge in [-0.3, -0.25) is 4.79 Å². The van der Waals surface area contributed by atoms with Crippen LogP contribution < -0.4 is 9.99 Å². The normalized spacial score (nSPS) is 9.71. The lowest BCUT2D eigenvalue weighted by molar-refractivity contribution is -0.105. The highest BCUT2D eigenvalue weighted by Gasteiger charge is 2.02. The Morgan fingerprint density at radius 3 is 2.12 bits per heavy atom. The zero-order valence-electron chi connectivity index (χ0n) is 9.21. The van der Waals surface area contributed by atoms with Crippen molar-refractivity contribution in [2.24, 2.45) is 0 Å². The summed E-state index contributed by atoms with van der Waals surface area (Å²) in [5.41, 5.74) is 2.92. The van der Waals surface area contributed by atoms with Crippen LogP contribution in [0.2, 0.25) is 0 Å². The predicted octanol–water partition coefficient (Wildman–Crippen LogP) is 3.18. The Bertz CT molecular complexity index is 485. The quantitative estimate of drug-likeness (QED) is 0.661. The van der Waals surface area contributed by atoms with Crippen LogP contribution in [0.4, 0.5) is 17.1 Å². The smallest absolute Gasteiger partial charge is 0.211 e. The second kappa shape index (κ2) is 5.46. The van der Waals surface area contributed by atoms with E-state index in [4.69, 9.17) is 0 Å². The van der Waals surface area contributed by atoms with Crippen LogP contribution in [-0.4, -0.2) is 6.41 Å². The number of carbonyl (C=O) groups excluding carboxylic acids is 1. The molecule has 4 heteroatoms. The molecule has 0 aromatic heterocycles. The fourth-order valence-corrected chi connectivity index (χ4v) is 1.87. The molecule has 1 N–H and O–H groups in total. The van der Waals surface area contributed by atoms with E-state index in [0.717, 1.165) is 17.1 Å². The van der Waals surface area contributed by atoms with Gasteiger partial charge in [-0.2, -0.15) is 0 Å². The van der Waals surface area contributed by atoms with E-state index < -0.39 is 0 Å². The van der Waals surface area contributed by atoms with E-state index in [9.17, 15) is 4.79 Å². The number of hydrogen-bond donors (Lipinski definition) is 1. The van der Waals surface area contributed by atoms with Gasteiger partial charge in [-0.05, 0) is 45.8 Å². The van der Waals surface area contributed by atoms with Gasteiger partial charge in [0.25, 0.3) is 0 Å². The number of anilines is 3. The lowest BCUT2D eigenvalue weighted by atomic mass is 10.2. The number of benzene rings is 2. The van der Waals surface area contributed by atoms with Gasteiger partial charge >= 0.3 is 0 Å². The molecule has 0 aliphatic rings. The first-order chi connectivity index (χ1) is 8.31. The van der Waals surface area contributed by atoms with Crippen molar-refractivity contribution in [3.05, 3.63) is 54.6 Å². The average Bonchev–Trinajstić information content (AvgIpc) is 2.40. The van der Waals surface area contributed by atoms with Gasteiger partial charge in [0.15, 0.2) is 0 Å². The molecule has 0 radical (unpaired) electrons. The average molecular weight is 244 g/mol. The van der Waals surface area contributed by atoms with Crippen LogP contribution in [0.25, 0.3) is 0 Å². The van der Waals surface area contributed by atoms with Crippen LogP contribution in [-0.2, 0) is 4.79 Å². The monoisotopic (exact) mass is 244 g/mol. The van der Waals surface area contributed by atoms with Crippen molar-refractivity contribution >= 4 is 32.9 Å². The summed E-state index contributed by atoms with van der Waals surface area (Å²) in [7, 11) is 2.67. The summed E-state index contributed by atoms with van der Waals surface area (Å²) >= 11 is 0. The molecule has 0 aliphatic heterocycles. The van der Waals surface area contributed by atoms with Gasteiger partial charge in [0.1, 0.15) is 0 Å². The first-order valence-corrected chi connectivity index (χ1v) is 5.73. The first-order valence-electron chi connectivity index (χ1n) is 5.21. The topological polar surface area (TPSA) is 32.3 Å². The van der Waals surface area contributed by atoms with Crippen molar-refractivity contribution in [3.8, 4) is 0 Å². The van der Waals surface area contributed by atoms with Crippen LogP contribution in [0.1, 0.15) is 0 Å². The highest BCUT2D eigenvalue weighted by Crippen LogP contribution is 2.29. The lowest BCUT2D eigenvalue weighted by Gasteiger charge is -2.19. The molecule has 1 amide bonds. The van der Waals surface area contributed by atoms with Gasteiger partial charge in [0.05, 0.1) is 0 Å². The molecule has 0 bridgehead atoms.